The van der Waals surface area contributed by atoms with E-state index in [9.17, 15) is 0 Å². The number of nitrogens with zero attached hydrogens (tertiary/aromatic N) is 1. The van der Waals surface area contributed by atoms with E-state index in [1.807, 2.05) is 6.07 Å². The number of halogens is 1. The van der Waals surface area contributed by atoms with Crippen LogP contribution in [0, 0.1) is 6.92 Å². The second-order valence-electron chi connectivity index (χ2n) is 3.88. The van der Waals surface area contributed by atoms with Crippen LogP contribution in [0.3, 0.4) is 0 Å². The first-order valence-electron chi connectivity index (χ1n) is 4.86. The van der Waals surface area contributed by atoms with Crippen LogP contribution in [0.1, 0.15) is 11.1 Å². The van der Waals surface area contributed by atoms with Crippen molar-refractivity contribution in [2.45, 2.75) is 19.4 Å². The van der Waals surface area contributed by atoms with Gasteiger partial charge in [-0.2, -0.15) is 0 Å². The molecule has 1 heterocycles. The maximum Gasteiger partial charge on any atom is 0.0456 e. The Morgan fingerprint density at radius 1 is 1.57 bits per heavy atom. The van der Waals surface area contributed by atoms with Crippen LogP contribution in [0.5, 0.6) is 0 Å². The van der Waals surface area contributed by atoms with Gasteiger partial charge in [0.15, 0.2) is 0 Å². The Morgan fingerprint density at radius 2 is 2.29 bits per heavy atom. The zero-order valence-electron chi connectivity index (χ0n) is 8.55. The van der Waals surface area contributed by atoms with Gasteiger partial charge in [0.2, 0.25) is 0 Å². The molecule has 2 nitrogen and oxygen atoms in total. The largest absolute Gasteiger partial charge is 0.370 e. The van der Waals surface area contributed by atoms with Gasteiger partial charge in [-0.15, -0.1) is 0 Å². The first-order chi connectivity index (χ1) is 6.65. The van der Waals surface area contributed by atoms with E-state index in [1.54, 1.807) is 0 Å². The number of likely N-dealkylation sites (N-methyl/N-ethyl adjacent to an activating group) is 1. The molecule has 2 rings (SSSR count). The summed E-state index contributed by atoms with van der Waals surface area (Å²) in [6.07, 6.45) is 1.04. The summed E-state index contributed by atoms with van der Waals surface area (Å²) in [6, 6.07) is 4.52. The highest BCUT2D eigenvalue weighted by Gasteiger charge is 2.27. The molecule has 1 aliphatic rings. The van der Waals surface area contributed by atoms with E-state index < -0.39 is 0 Å². The molecule has 1 unspecified atom stereocenters. The van der Waals surface area contributed by atoms with Crippen LogP contribution in [0.4, 0.5) is 5.69 Å². The highest BCUT2D eigenvalue weighted by atomic mass is 35.5. The van der Waals surface area contributed by atoms with Crippen molar-refractivity contribution >= 4 is 17.3 Å². The number of hydrogen-bond acceptors (Lipinski definition) is 2. The standard InChI is InChI=1S/C11H15ClN2/c1-7-10(12)4-3-8-5-9(6-13)14(2)11(7)8/h3-4,9H,5-6,13H2,1-2H3. The van der Waals surface area contributed by atoms with Gasteiger partial charge >= 0.3 is 0 Å². The molecule has 76 valence electrons. The third-order valence-corrected chi connectivity index (χ3v) is 3.49. The molecule has 1 aromatic rings. The lowest BCUT2D eigenvalue weighted by atomic mass is 10.1. The van der Waals surface area contributed by atoms with E-state index in [0.29, 0.717) is 12.6 Å². The second kappa shape index (κ2) is 3.44. The van der Waals surface area contributed by atoms with Gasteiger partial charge in [-0.25, -0.2) is 0 Å². The van der Waals surface area contributed by atoms with Gasteiger partial charge in [0, 0.05) is 30.3 Å². The van der Waals surface area contributed by atoms with Gasteiger partial charge in [-0.05, 0) is 30.5 Å². The summed E-state index contributed by atoms with van der Waals surface area (Å²) in [5.41, 5.74) is 9.52. The number of rotatable bonds is 1. The minimum absolute atomic E-state index is 0.433. The summed E-state index contributed by atoms with van der Waals surface area (Å²) in [4.78, 5) is 2.25. The van der Waals surface area contributed by atoms with E-state index in [2.05, 4.69) is 24.9 Å². The fourth-order valence-corrected chi connectivity index (χ4v) is 2.35. The first-order valence-corrected chi connectivity index (χ1v) is 5.23. The minimum atomic E-state index is 0.433. The highest BCUT2D eigenvalue weighted by Crippen LogP contribution is 2.36. The van der Waals surface area contributed by atoms with Crippen molar-refractivity contribution in [1.29, 1.82) is 0 Å². The van der Waals surface area contributed by atoms with Crippen LogP contribution in [-0.2, 0) is 6.42 Å². The zero-order valence-corrected chi connectivity index (χ0v) is 9.30. The Bertz CT molecular complexity index is 363. The quantitative estimate of drug-likeness (QED) is 0.768. The van der Waals surface area contributed by atoms with Crippen LogP contribution in [-0.4, -0.2) is 19.6 Å². The van der Waals surface area contributed by atoms with E-state index >= 15 is 0 Å². The predicted octanol–water partition coefficient (Wildman–Crippen LogP) is 1.97. The van der Waals surface area contributed by atoms with Crippen LogP contribution < -0.4 is 10.6 Å². The van der Waals surface area contributed by atoms with Crippen LogP contribution in [0.25, 0.3) is 0 Å². The third kappa shape index (κ3) is 1.30. The van der Waals surface area contributed by atoms with E-state index in [0.717, 1.165) is 11.4 Å². The fraction of sp³-hybridized carbons (Fsp3) is 0.455. The lowest BCUT2D eigenvalue weighted by Crippen LogP contribution is -2.35. The number of benzene rings is 1. The van der Waals surface area contributed by atoms with Gasteiger partial charge in [0.05, 0.1) is 0 Å². The van der Waals surface area contributed by atoms with Crippen LogP contribution in [0.2, 0.25) is 5.02 Å². The third-order valence-electron chi connectivity index (χ3n) is 3.08. The van der Waals surface area contributed by atoms with Gasteiger partial charge in [0.25, 0.3) is 0 Å². The molecule has 0 aromatic heterocycles. The minimum Gasteiger partial charge on any atom is -0.370 e. The maximum absolute atomic E-state index is 6.09. The summed E-state index contributed by atoms with van der Waals surface area (Å²) in [7, 11) is 2.09. The molecule has 1 aliphatic heterocycles. The lowest BCUT2D eigenvalue weighted by molar-refractivity contribution is 0.674. The molecule has 14 heavy (non-hydrogen) atoms. The predicted molar refractivity (Wildman–Crippen MR) is 61.1 cm³/mol. The molecule has 0 bridgehead atoms. The highest BCUT2D eigenvalue weighted by molar-refractivity contribution is 6.31. The molecule has 1 aromatic carbocycles. The molecule has 0 aliphatic carbocycles. The van der Waals surface area contributed by atoms with Crippen molar-refractivity contribution < 1.29 is 0 Å². The normalized spacial score (nSPS) is 20.0. The van der Waals surface area contributed by atoms with E-state index in [4.69, 9.17) is 17.3 Å². The molecule has 0 fully saturated rings. The molecule has 0 saturated heterocycles. The van der Waals surface area contributed by atoms with E-state index in [1.165, 1.54) is 16.8 Å². The molecular weight excluding hydrogens is 196 g/mol. The number of nitrogens with two attached hydrogens (primary N) is 1. The summed E-state index contributed by atoms with van der Waals surface area (Å²) in [5, 5.41) is 0.841. The lowest BCUT2D eigenvalue weighted by Gasteiger charge is -2.22. The number of hydrogen-bond donors (Lipinski definition) is 1. The van der Waals surface area contributed by atoms with Gasteiger partial charge in [0.1, 0.15) is 0 Å². The Hall–Kier alpha value is -0.730. The monoisotopic (exact) mass is 210 g/mol. The van der Waals surface area contributed by atoms with Crippen molar-refractivity contribution in [2.75, 3.05) is 18.5 Å². The molecule has 1 atom stereocenters. The van der Waals surface area contributed by atoms with Crippen molar-refractivity contribution in [3.8, 4) is 0 Å². The zero-order chi connectivity index (χ0) is 10.3. The molecule has 0 amide bonds. The van der Waals surface area contributed by atoms with Crippen molar-refractivity contribution in [1.82, 2.24) is 0 Å². The summed E-state index contributed by atoms with van der Waals surface area (Å²) in [6.45, 7) is 2.76. The Kier molecular flexibility index (Phi) is 2.41. The van der Waals surface area contributed by atoms with Crippen LogP contribution >= 0.6 is 11.6 Å². The summed E-state index contributed by atoms with van der Waals surface area (Å²) >= 11 is 6.09. The molecule has 3 heteroatoms. The van der Waals surface area contributed by atoms with Gasteiger partial charge in [-0.3, -0.25) is 0 Å². The Labute approximate surface area is 89.7 Å². The van der Waals surface area contributed by atoms with Crippen molar-refractivity contribution in [3.05, 3.63) is 28.3 Å². The average Bonchev–Trinajstić information content (AvgIpc) is 2.50. The summed E-state index contributed by atoms with van der Waals surface area (Å²) < 4.78 is 0. The average molecular weight is 211 g/mol. The second-order valence-corrected chi connectivity index (χ2v) is 4.29. The van der Waals surface area contributed by atoms with E-state index in [-0.39, 0.29) is 0 Å². The van der Waals surface area contributed by atoms with Gasteiger partial charge in [-0.1, -0.05) is 17.7 Å². The molecule has 0 radical (unpaired) electrons. The molecular formula is C11H15ClN2. The SMILES string of the molecule is Cc1c(Cl)ccc2c1N(C)C(CN)C2. The van der Waals surface area contributed by atoms with Gasteiger partial charge < -0.3 is 10.6 Å². The van der Waals surface area contributed by atoms with Crippen LogP contribution in [0.15, 0.2) is 12.1 Å². The fourth-order valence-electron chi connectivity index (χ4n) is 2.20. The molecule has 0 saturated carbocycles. The molecule has 2 N–H and O–H groups in total. The summed E-state index contributed by atoms with van der Waals surface area (Å²) in [5.74, 6) is 0. The number of anilines is 1. The molecule has 0 spiro atoms. The van der Waals surface area contributed by atoms with Crippen molar-refractivity contribution in [2.24, 2.45) is 5.73 Å². The number of fused-ring (bicyclic) bond motifs is 1. The topological polar surface area (TPSA) is 29.3 Å². The van der Waals surface area contributed by atoms with Crippen molar-refractivity contribution in [3.63, 3.8) is 0 Å². The maximum atomic E-state index is 6.09. The first kappa shape index (κ1) is 9.81. The Morgan fingerprint density at radius 3 is 2.93 bits per heavy atom. The smallest absolute Gasteiger partial charge is 0.0456 e. The Balaban J connectivity index is 2.49.